The third-order valence-corrected chi connectivity index (χ3v) is 4.96. The second kappa shape index (κ2) is 7.69. The van der Waals surface area contributed by atoms with Gasteiger partial charge in [-0.3, -0.25) is 4.79 Å². The van der Waals surface area contributed by atoms with Crippen molar-refractivity contribution in [1.29, 1.82) is 5.26 Å². The molecule has 0 bridgehead atoms. The van der Waals surface area contributed by atoms with Gasteiger partial charge in [0.25, 0.3) is 5.56 Å². The lowest BCUT2D eigenvalue weighted by Crippen LogP contribution is -2.32. The summed E-state index contributed by atoms with van der Waals surface area (Å²) in [6.45, 7) is 2.04. The highest BCUT2D eigenvalue weighted by Gasteiger charge is 2.36. The summed E-state index contributed by atoms with van der Waals surface area (Å²) in [6.07, 6.45) is 1.61. The number of para-hydroxylation sites is 1. The first-order valence-corrected chi connectivity index (χ1v) is 8.99. The van der Waals surface area contributed by atoms with Crippen LogP contribution in [0.25, 0.3) is 0 Å². The maximum atomic E-state index is 13.3. The zero-order chi connectivity index (χ0) is 20.4. The number of hydrogen-bond acceptors (Lipinski definition) is 6. The van der Waals surface area contributed by atoms with Gasteiger partial charge in [0.1, 0.15) is 17.4 Å². The quantitative estimate of drug-likeness (QED) is 0.854. The summed E-state index contributed by atoms with van der Waals surface area (Å²) < 4.78 is 18.2. The molecule has 1 aromatic carbocycles. The molecular formula is C21H23N3O4. The van der Waals surface area contributed by atoms with Crippen LogP contribution in [-0.2, 0) is 13.5 Å². The first-order valence-electron chi connectivity index (χ1n) is 8.99. The zero-order valence-corrected chi connectivity index (χ0v) is 16.4. The van der Waals surface area contributed by atoms with Gasteiger partial charge in [-0.25, -0.2) is 0 Å². The summed E-state index contributed by atoms with van der Waals surface area (Å²) >= 11 is 0. The fourth-order valence-electron chi connectivity index (χ4n) is 3.62. The van der Waals surface area contributed by atoms with Crippen LogP contribution < -0.4 is 25.5 Å². The van der Waals surface area contributed by atoms with Crippen molar-refractivity contribution in [1.82, 2.24) is 4.57 Å². The number of aromatic nitrogens is 1. The van der Waals surface area contributed by atoms with Crippen LogP contribution in [0.3, 0.4) is 0 Å². The Morgan fingerprint density at radius 3 is 2.68 bits per heavy atom. The summed E-state index contributed by atoms with van der Waals surface area (Å²) in [5.74, 6) is 0.595. The molecule has 2 heterocycles. The molecule has 1 atom stereocenters. The van der Waals surface area contributed by atoms with E-state index in [4.69, 9.17) is 19.9 Å². The van der Waals surface area contributed by atoms with Crippen LogP contribution in [0.4, 0.5) is 0 Å². The molecule has 3 rings (SSSR count). The maximum absolute atomic E-state index is 13.3. The number of pyridine rings is 1. The van der Waals surface area contributed by atoms with Crippen LogP contribution in [-0.4, -0.2) is 18.8 Å². The van der Waals surface area contributed by atoms with Gasteiger partial charge >= 0.3 is 0 Å². The predicted octanol–water partition coefficient (Wildman–Crippen LogP) is 2.57. The summed E-state index contributed by atoms with van der Waals surface area (Å²) in [4.78, 5) is 13.3. The van der Waals surface area contributed by atoms with Crippen molar-refractivity contribution in [2.75, 3.05) is 14.2 Å². The summed E-state index contributed by atoms with van der Waals surface area (Å²) in [5.41, 5.74) is 7.82. The van der Waals surface area contributed by atoms with Crippen molar-refractivity contribution >= 4 is 0 Å². The molecule has 0 saturated carbocycles. The van der Waals surface area contributed by atoms with Crippen LogP contribution >= 0.6 is 0 Å². The highest BCUT2D eigenvalue weighted by atomic mass is 16.5. The second-order valence-corrected chi connectivity index (χ2v) is 6.54. The van der Waals surface area contributed by atoms with E-state index in [0.717, 1.165) is 18.5 Å². The Labute approximate surface area is 163 Å². The second-order valence-electron chi connectivity index (χ2n) is 6.54. The van der Waals surface area contributed by atoms with Crippen molar-refractivity contribution in [2.24, 2.45) is 12.8 Å². The Morgan fingerprint density at radius 1 is 1.32 bits per heavy atom. The van der Waals surface area contributed by atoms with Gasteiger partial charge in [0, 0.05) is 24.4 Å². The molecule has 0 saturated heterocycles. The molecule has 7 heteroatoms. The molecule has 7 nitrogen and oxygen atoms in total. The van der Waals surface area contributed by atoms with Crippen molar-refractivity contribution in [2.45, 2.75) is 25.7 Å². The number of hydrogen-bond donors (Lipinski definition) is 1. The minimum Gasteiger partial charge on any atom is -0.493 e. The van der Waals surface area contributed by atoms with Gasteiger partial charge in [0.15, 0.2) is 11.5 Å². The predicted molar refractivity (Wildman–Crippen MR) is 105 cm³/mol. The third-order valence-electron chi connectivity index (χ3n) is 4.96. The monoisotopic (exact) mass is 381 g/mol. The number of allylic oxidation sites excluding steroid dienone is 1. The molecule has 2 aromatic rings. The van der Waals surface area contributed by atoms with E-state index < -0.39 is 5.92 Å². The standard InChI is InChI=1S/C21H23N3O4/c1-5-7-12-10-16-18(21(25)24(12)2)17(14(11-22)20(23)28-16)13-8-6-9-15(26-3)19(13)27-4/h6,8-10,17H,5,7,23H2,1-4H3. The lowest BCUT2D eigenvalue weighted by atomic mass is 9.83. The molecule has 1 aliphatic rings. The Kier molecular flexibility index (Phi) is 5.32. The maximum Gasteiger partial charge on any atom is 0.258 e. The fourth-order valence-corrected chi connectivity index (χ4v) is 3.62. The van der Waals surface area contributed by atoms with Gasteiger partial charge in [0.2, 0.25) is 5.88 Å². The van der Waals surface area contributed by atoms with E-state index in [1.165, 1.54) is 14.2 Å². The van der Waals surface area contributed by atoms with Gasteiger partial charge in [-0.15, -0.1) is 0 Å². The molecule has 0 radical (unpaired) electrons. The molecule has 0 amide bonds. The van der Waals surface area contributed by atoms with Gasteiger partial charge in [-0.2, -0.15) is 5.26 Å². The van der Waals surface area contributed by atoms with Gasteiger partial charge < -0.3 is 24.5 Å². The van der Waals surface area contributed by atoms with Crippen molar-refractivity contribution in [3.05, 3.63) is 62.9 Å². The molecule has 28 heavy (non-hydrogen) atoms. The third kappa shape index (κ3) is 2.97. The summed E-state index contributed by atoms with van der Waals surface area (Å²) in [5, 5.41) is 9.76. The van der Waals surface area contributed by atoms with Gasteiger partial charge in [0.05, 0.1) is 25.7 Å². The Balaban J connectivity index is 2.36. The molecule has 1 aliphatic heterocycles. The number of ether oxygens (including phenoxy) is 3. The Bertz CT molecular complexity index is 1050. The molecule has 1 unspecified atom stereocenters. The van der Waals surface area contributed by atoms with E-state index in [2.05, 4.69) is 6.07 Å². The minimum absolute atomic E-state index is 0.0134. The van der Waals surface area contributed by atoms with E-state index in [1.54, 1.807) is 29.8 Å². The average Bonchev–Trinajstić information content (AvgIpc) is 2.70. The van der Waals surface area contributed by atoms with E-state index in [0.29, 0.717) is 28.4 Å². The number of methoxy groups -OCH3 is 2. The number of benzene rings is 1. The number of rotatable bonds is 5. The fraction of sp³-hybridized carbons (Fsp3) is 0.333. The topological polar surface area (TPSA) is 99.5 Å². The van der Waals surface area contributed by atoms with Crippen LogP contribution in [0.15, 0.2) is 40.5 Å². The van der Waals surface area contributed by atoms with E-state index >= 15 is 0 Å². The Hall–Kier alpha value is -3.40. The SMILES string of the molecule is CCCc1cc2c(c(=O)n1C)C(c1cccc(OC)c1OC)C(C#N)=C(N)O2. The normalized spacial score (nSPS) is 15.5. The number of nitrogens with zero attached hydrogens (tertiary/aromatic N) is 2. The lowest BCUT2D eigenvalue weighted by Gasteiger charge is -2.28. The van der Waals surface area contributed by atoms with Crippen LogP contribution in [0.2, 0.25) is 0 Å². The van der Waals surface area contributed by atoms with Crippen LogP contribution in [0.5, 0.6) is 17.2 Å². The lowest BCUT2D eigenvalue weighted by molar-refractivity contribution is 0.348. The first-order chi connectivity index (χ1) is 13.5. The zero-order valence-electron chi connectivity index (χ0n) is 16.4. The van der Waals surface area contributed by atoms with Gasteiger partial charge in [-0.05, 0) is 12.5 Å². The van der Waals surface area contributed by atoms with Gasteiger partial charge in [-0.1, -0.05) is 25.5 Å². The molecule has 0 spiro atoms. The number of nitriles is 1. The molecule has 0 fully saturated rings. The first kappa shape index (κ1) is 19.4. The van der Waals surface area contributed by atoms with E-state index in [1.807, 2.05) is 13.0 Å². The van der Waals surface area contributed by atoms with Crippen molar-refractivity contribution in [3.8, 4) is 23.3 Å². The molecular weight excluding hydrogens is 358 g/mol. The number of aryl methyl sites for hydroxylation is 1. The number of nitrogens with two attached hydrogens (primary N) is 1. The number of fused-ring (bicyclic) bond motifs is 1. The summed E-state index contributed by atoms with van der Waals surface area (Å²) in [6, 6.07) is 9.26. The smallest absolute Gasteiger partial charge is 0.258 e. The Morgan fingerprint density at radius 2 is 2.07 bits per heavy atom. The van der Waals surface area contributed by atoms with E-state index in [9.17, 15) is 10.1 Å². The highest BCUT2D eigenvalue weighted by molar-refractivity contribution is 5.60. The van der Waals surface area contributed by atoms with Crippen molar-refractivity contribution < 1.29 is 14.2 Å². The van der Waals surface area contributed by atoms with E-state index in [-0.39, 0.29) is 17.0 Å². The van der Waals surface area contributed by atoms with Crippen LogP contribution in [0.1, 0.15) is 36.1 Å². The van der Waals surface area contributed by atoms with Crippen molar-refractivity contribution in [3.63, 3.8) is 0 Å². The summed E-state index contributed by atoms with van der Waals surface area (Å²) in [7, 11) is 4.77. The highest BCUT2D eigenvalue weighted by Crippen LogP contribution is 2.46. The molecule has 2 N–H and O–H groups in total. The largest absolute Gasteiger partial charge is 0.493 e. The minimum atomic E-state index is -0.715. The molecule has 0 aliphatic carbocycles. The molecule has 146 valence electrons. The average molecular weight is 381 g/mol. The van der Waals surface area contributed by atoms with Crippen LogP contribution in [0, 0.1) is 11.3 Å². The molecule has 1 aromatic heterocycles.